The Balaban J connectivity index is 3.12. The van der Waals surface area contributed by atoms with Gasteiger partial charge in [0.2, 0.25) is 0 Å². The molecule has 13 heavy (non-hydrogen) atoms. The molecular formula is C9H8N2O2. The fourth-order valence-electron chi connectivity index (χ4n) is 1.39. The highest BCUT2D eigenvalue weighted by molar-refractivity contribution is 5.80. The molecule has 1 aromatic carbocycles. The van der Waals surface area contributed by atoms with Crippen LogP contribution in [0.4, 0.5) is 0 Å². The molecule has 4 heteroatoms. The summed E-state index contributed by atoms with van der Waals surface area (Å²) in [4.78, 5) is 27.0. The summed E-state index contributed by atoms with van der Waals surface area (Å²) in [5, 5.41) is 0.544. The Morgan fingerprint density at radius 2 is 1.92 bits per heavy atom. The van der Waals surface area contributed by atoms with Gasteiger partial charge in [0.15, 0.2) is 0 Å². The summed E-state index contributed by atoms with van der Waals surface area (Å²) in [6, 6.07) is 5.34. The lowest BCUT2D eigenvalue weighted by Gasteiger charge is -1.98. The van der Waals surface area contributed by atoms with Crippen molar-refractivity contribution in [2.75, 3.05) is 0 Å². The molecule has 1 heterocycles. The number of H-pyrrole nitrogens is 2. The summed E-state index contributed by atoms with van der Waals surface area (Å²) in [6.45, 7) is 1.83. The molecule has 1 aromatic heterocycles. The number of rotatable bonds is 0. The molecule has 2 aromatic rings. The van der Waals surface area contributed by atoms with E-state index >= 15 is 0 Å². The quantitative estimate of drug-likeness (QED) is 0.614. The zero-order valence-corrected chi connectivity index (χ0v) is 7.05. The van der Waals surface area contributed by atoms with Gasteiger partial charge in [-0.25, -0.2) is 4.79 Å². The number of aryl methyl sites for hydroxylation is 1. The maximum Gasteiger partial charge on any atom is 0.326 e. The highest BCUT2D eigenvalue weighted by Crippen LogP contribution is 2.08. The molecule has 0 aliphatic heterocycles. The van der Waals surface area contributed by atoms with Gasteiger partial charge in [0.25, 0.3) is 5.56 Å². The van der Waals surface area contributed by atoms with Crippen LogP contribution in [0.2, 0.25) is 0 Å². The van der Waals surface area contributed by atoms with Crippen LogP contribution in [-0.4, -0.2) is 9.97 Å². The fourth-order valence-corrected chi connectivity index (χ4v) is 1.39. The summed E-state index contributed by atoms with van der Waals surface area (Å²) < 4.78 is 0. The van der Waals surface area contributed by atoms with Crippen LogP contribution < -0.4 is 11.2 Å². The molecule has 0 unspecified atom stereocenters. The minimum Gasteiger partial charge on any atom is -0.307 e. The maximum absolute atomic E-state index is 11.3. The van der Waals surface area contributed by atoms with Crippen molar-refractivity contribution in [3.63, 3.8) is 0 Å². The Morgan fingerprint density at radius 1 is 1.15 bits per heavy atom. The van der Waals surface area contributed by atoms with Crippen molar-refractivity contribution in [1.29, 1.82) is 0 Å². The Bertz CT molecular complexity index is 566. The summed E-state index contributed by atoms with van der Waals surface area (Å²) in [7, 11) is 0. The van der Waals surface area contributed by atoms with Crippen molar-refractivity contribution < 1.29 is 0 Å². The van der Waals surface area contributed by atoms with Gasteiger partial charge in [-0.3, -0.25) is 9.78 Å². The third-order valence-corrected chi connectivity index (χ3v) is 1.98. The molecule has 0 bridgehead atoms. The molecule has 0 spiro atoms. The van der Waals surface area contributed by atoms with E-state index in [1.807, 2.05) is 13.0 Å². The van der Waals surface area contributed by atoms with E-state index in [4.69, 9.17) is 0 Å². The Labute approximate surface area is 73.2 Å². The van der Waals surface area contributed by atoms with E-state index in [9.17, 15) is 9.59 Å². The van der Waals surface area contributed by atoms with Crippen LogP contribution in [0, 0.1) is 6.92 Å². The monoisotopic (exact) mass is 176 g/mol. The molecule has 0 aliphatic carbocycles. The van der Waals surface area contributed by atoms with Gasteiger partial charge in [0.1, 0.15) is 0 Å². The molecule has 0 amide bonds. The van der Waals surface area contributed by atoms with E-state index in [1.165, 1.54) is 0 Å². The Morgan fingerprint density at radius 3 is 2.69 bits per heavy atom. The second-order valence-electron chi connectivity index (χ2n) is 2.91. The van der Waals surface area contributed by atoms with Gasteiger partial charge in [0, 0.05) is 0 Å². The Kier molecular flexibility index (Phi) is 1.55. The molecule has 0 fully saturated rings. The van der Waals surface area contributed by atoms with Crippen LogP contribution in [0.15, 0.2) is 27.8 Å². The fraction of sp³-hybridized carbons (Fsp3) is 0.111. The summed E-state index contributed by atoms with van der Waals surface area (Å²) in [5.41, 5.74) is 0.628. The van der Waals surface area contributed by atoms with Gasteiger partial charge in [-0.2, -0.15) is 0 Å². The molecule has 0 radical (unpaired) electrons. The van der Waals surface area contributed by atoms with Crippen molar-refractivity contribution in [2.45, 2.75) is 6.92 Å². The average molecular weight is 176 g/mol. The van der Waals surface area contributed by atoms with E-state index in [2.05, 4.69) is 9.97 Å². The van der Waals surface area contributed by atoms with Gasteiger partial charge in [-0.1, -0.05) is 12.1 Å². The predicted octanol–water partition coefficient (Wildman–Crippen LogP) is 0.525. The second kappa shape index (κ2) is 2.58. The molecule has 2 rings (SSSR count). The topological polar surface area (TPSA) is 65.7 Å². The summed E-state index contributed by atoms with van der Waals surface area (Å²) in [6.07, 6.45) is 0. The van der Waals surface area contributed by atoms with E-state index in [1.54, 1.807) is 12.1 Å². The minimum absolute atomic E-state index is 0.336. The van der Waals surface area contributed by atoms with Gasteiger partial charge in [-0.15, -0.1) is 0 Å². The number of hydrogen-bond donors (Lipinski definition) is 2. The lowest BCUT2D eigenvalue weighted by molar-refractivity contribution is 1.08. The number of nitrogens with one attached hydrogen (secondary N) is 2. The third-order valence-electron chi connectivity index (χ3n) is 1.98. The van der Waals surface area contributed by atoms with E-state index in [0.29, 0.717) is 10.9 Å². The van der Waals surface area contributed by atoms with Crippen LogP contribution >= 0.6 is 0 Å². The minimum atomic E-state index is -0.469. The van der Waals surface area contributed by atoms with Crippen LogP contribution in [0.1, 0.15) is 5.56 Å². The van der Waals surface area contributed by atoms with Crippen molar-refractivity contribution in [1.82, 2.24) is 9.97 Å². The van der Waals surface area contributed by atoms with E-state index in [0.717, 1.165) is 5.56 Å². The van der Waals surface area contributed by atoms with Crippen LogP contribution in [0.3, 0.4) is 0 Å². The predicted molar refractivity (Wildman–Crippen MR) is 49.9 cm³/mol. The van der Waals surface area contributed by atoms with Crippen LogP contribution in [0.25, 0.3) is 10.9 Å². The first-order valence-electron chi connectivity index (χ1n) is 3.90. The zero-order chi connectivity index (χ0) is 9.42. The van der Waals surface area contributed by atoms with Gasteiger partial charge in [-0.05, 0) is 18.6 Å². The van der Waals surface area contributed by atoms with Crippen LogP contribution in [-0.2, 0) is 0 Å². The summed E-state index contributed by atoms with van der Waals surface area (Å²) in [5.74, 6) is 0. The van der Waals surface area contributed by atoms with Crippen molar-refractivity contribution in [3.8, 4) is 0 Å². The van der Waals surface area contributed by atoms with Gasteiger partial charge in [0.05, 0.1) is 10.9 Å². The zero-order valence-electron chi connectivity index (χ0n) is 7.05. The van der Waals surface area contributed by atoms with Gasteiger partial charge >= 0.3 is 5.69 Å². The highest BCUT2D eigenvalue weighted by atomic mass is 16.2. The molecule has 66 valence electrons. The third kappa shape index (κ3) is 1.16. The van der Waals surface area contributed by atoms with E-state index < -0.39 is 5.69 Å². The molecular weight excluding hydrogens is 168 g/mol. The first-order valence-corrected chi connectivity index (χ1v) is 3.90. The van der Waals surface area contributed by atoms with Crippen molar-refractivity contribution >= 4 is 10.9 Å². The largest absolute Gasteiger partial charge is 0.326 e. The lowest BCUT2D eigenvalue weighted by atomic mass is 10.1. The second-order valence-corrected chi connectivity index (χ2v) is 2.91. The van der Waals surface area contributed by atoms with Crippen LogP contribution in [0.5, 0.6) is 0 Å². The number of aromatic amines is 2. The molecule has 4 nitrogen and oxygen atoms in total. The standard InChI is InChI=1S/C9H8N2O2/c1-5-3-2-4-6-7(5)8(12)11-9(13)10-6/h2-4H,1H3,(H2,10,11,12,13). The maximum atomic E-state index is 11.3. The highest BCUT2D eigenvalue weighted by Gasteiger charge is 2.01. The van der Waals surface area contributed by atoms with Crippen molar-refractivity contribution in [2.24, 2.45) is 0 Å². The smallest absolute Gasteiger partial charge is 0.307 e. The number of hydrogen-bond acceptors (Lipinski definition) is 2. The number of aromatic nitrogens is 2. The average Bonchev–Trinajstić information content (AvgIpc) is 2.02. The molecule has 0 aliphatic rings. The molecule has 0 saturated carbocycles. The first-order chi connectivity index (χ1) is 6.18. The SMILES string of the molecule is Cc1cccc2[nH]c(=O)[nH]c(=O)c12. The Hall–Kier alpha value is -1.84. The number of benzene rings is 1. The first kappa shape index (κ1) is 7.79. The lowest BCUT2D eigenvalue weighted by Crippen LogP contribution is -2.22. The van der Waals surface area contributed by atoms with Crippen molar-refractivity contribution in [3.05, 3.63) is 44.6 Å². The molecule has 2 N–H and O–H groups in total. The molecule has 0 atom stereocenters. The summed E-state index contributed by atoms with van der Waals surface area (Å²) >= 11 is 0. The van der Waals surface area contributed by atoms with E-state index in [-0.39, 0.29) is 5.56 Å². The number of fused-ring (bicyclic) bond motifs is 1. The molecule has 0 saturated heterocycles. The van der Waals surface area contributed by atoms with Gasteiger partial charge < -0.3 is 4.98 Å². The normalized spacial score (nSPS) is 10.5.